The van der Waals surface area contributed by atoms with Crippen molar-refractivity contribution in [1.82, 2.24) is 5.32 Å². The van der Waals surface area contributed by atoms with Gasteiger partial charge in [0.25, 0.3) is 10.0 Å². The third kappa shape index (κ3) is 4.77. The van der Waals surface area contributed by atoms with Gasteiger partial charge in [-0.15, -0.1) is 0 Å². The molecule has 0 atom stereocenters. The van der Waals surface area contributed by atoms with E-state index < -0.39 is 10.0 Å². The lowest BCUT2D eigenvalue weighted by Crippen LogP contribution is -2.45. The fraction of sp³-hybridized carbons (Fsp3) is 0.435. The van der Waals surface area contributed by atoms with Gasteiger partial charge in [-0.1, -0.05) is 19.3 Å². The number of benzene rings is 2. The normalized spacial score (nSPS) is 16.4. The Labute approximate surface area is 189 Å². The molecular weight excluding hydrogens is 430 g/mol. The summed E-state index contributed by atoms with van der Waals surface area (Å²) in [6.07, 6.45) is 6.18. The van der Waals surface area contributed by atoms with Gasteiger partial charge in [0, 0.05) is 36.5 Å². The van der Waals surface area contributed by atoms with E-state index in [9.17, 15) is 13.2 Å². The van der Waals surface area contributed by atoms with Crippen molar-refractivity contribution in [2.24, 2.45) is 0 Å². The van der Waals surface area contributed by atoms with Gasteiger partial charge in [-0.2, -0.15) is 0 Å². The topological polar surface area (TPSA) is 97.0 Å². The van der Waals surface area contributed by atoms with Crippen LogP contribution in [0, 0.1) is 0 Å². The maximum Gasteiger partial charge on any atom is 0.322 e. The van der Waals surface area contributed by atoms with Crippen LogP contribution in [0.4, 0.5) is 16.2 Å². The van der Waals surface area contributed by atoms with Crippen LogP contribution in [-0.4, -0.2) is 41.3 Å². The van der Waals surface area contributed by atoms with Crippen molar-refractivity contribution in [3.63, 3.8) is 0 Å². The first kappa shape index (κ1) is 22.3. The fourth-order valence-electron chi connectivity index (χ4n) is 4.34. The third-order valence-electron chi connectivity index (χ3n) is 6.04. The number of ether oxygens (including phenoxy) is 2. The molecule has 2 aromatic rings. The summed E-state index contributed by atoms with van der Waals surface area (Å²) in [5, 5.41) is 3.13. The number of methoxy groups -OCH3 is 2. The van der Waals surface area contributed by atoms with Crippen LogP contribution in [0.1, 0.15) is 37.7 Å². The van der Waals surface area contributed by atoms with Crippen LogP contribution < -0.4 is 24.4 Å². The Morgan fingerprint density at radius 1 is 1.00 bits per heavy atom. The van der Waals surface area contributed by atoms with E-state index in [0.717, 1.165) is 36.9 Å². The average molecular weight is 460 g/mol. The molecule has 2 N–H and O–H groups in total. The summed E-state index contributed by atoms with van der Waals surface area (Å²) in [6.45, 7) is 0.540. The van der Waals surface area contributed by atoms with Crippen LogP contribution in [0.5, 0.6) is 11.5 Å². The fourth-order valence-corrected chi connectivity index (χ4v) is 5.43. The van der Waals surface area contributed by atoms with Gasteiger partial charge in [-0.05, 0) is 43.0 Å². The Balaban J connectivity index is 1.51. The molecule has 2 aliphatic rings. The third-order valence-corrected chi connectivity index (χ3v) is 7.42. The predicted octanol–water partition coefficient (Wildman–Crippen LogP) is 3.91. The number of carbonyl (C=O) groups is 1. The number of amides is 2. The molecule has 0 aromatic heterocycles. The largest absolute Gasteiger partial charge is 0.497 e. The van der Waals surface area contributed by atoms with E-state index >= 15 is 0 Å². The minimum atomic E-state index is -3.83. The van der Waals surface area contributed by atoms with Gasteiger partial charge in [0.05, 0.1) is 24.8 Å². The summed E-state index contributed by atoms with van der Waals surface area (Å²) in [5.74, 6) is 0.964. The molecule has 0 saturated heterocycles. The van der Waals surface area contributed by atoms with Crippen molar-refractivity contribution in [2.75, 3.05) is 30.4 Å². The van der Waals surface area contributed by atoms with E-state index in [-0.39, 0.29) is 17.0 Å². The van der Waals surface area contributed by atoms with Gasteiger partial charge in [-0.25, -0.2) is 13.2 Å². The molecule has 0 unspecified atom stereocenters. The van der Waals surface area contributed by atoms with E-state index in [4.69, 9.17) is 9.47 Å². The van der Waals surface area contributed by atoms with Crippen LogP contribution in [0.15, 0.2) is 41.3 Å². The predicted molar refractivity (Wildman–Crippen MR) is 123 cm³/mol. The molecule has 4 rings (SSSR count). The summed E-state index contributed by atoms with van der Waals surface area (Å²) < 4.78 is 39.0. The molecule has 1 heterocycles. The van der Waals surface area contributed by atoms with Crippen molar-refractivity contribution >= 4 is 27.4 Å². The zero-order valence-corrected chi connectivity index (χ0v) is 19.2. The van der Waals surface area contributed by atoms with Crippen molar-refractivity contribution in [1.29, 1.82) is 0 Å². The Morgan fingerprint density at radius 3 is 2.34 bits per heavy atom. The number of rotatable bonds is 6. The van der Waals surface area contributed by atoms with E-state index in [1.807, 2.05) is 0 Å². The van der Waals surface area contributed by atoms with Gasteiger partial charge in [0.15, 0.2) is 0 Å². The second kappa shape index (κ2) is 9.28. The highest BCUT2D eigenvalue weighted by atomic mass is 32.2. The molecule has 0 spiro atoms. The number of sulfonamides is 1. The van der Waals surface area contributed by atoms with E-state index in [1.54, 1.807) is 35.2 Å². The van der Waals surface area contributed by atoms with Crippen LogP contribution in [0.25, 0.3) is 0 Å². The summed E-state index contributed by atoms with van der Waals surface area (Å²) in [4.78, 5) is 14.6. The Kier molecular flexibility index (Phi) is 6.45. The summed E-state index contributed by atoms with van der Waals surface area (Å²) >= 11 is 0. The molecule has 0 radical (unpaired) electrons. The lowest BCUT2D eigenvalue weighted by Gasteiger charge is -2.26. The maximum atomic E-state index is 13.0. The number of hydrogen-bond donors (Lipinski definition) is 2. The number of fused-ring (bicyclic) bond motifs is 1. The molecule has 1 fully saturated rings. The smallest absolute Gasteiger partial charge is 0.322 e. The van der Waals surface area contributed by atoms with Gasteiger partial charge < -0.3 is 14.8 Å². The van der Waals surface area contributed by atoms with Gasteiger partial charge in [0.1, 0.15) is 11.5 Å². The zero-order chi connectivity index (χ0) is 22.7. The van der Waals surface area contributed by atoms with Crippen LogP contribution in [0.3, 0.4) is 0 Å². The zero-order valence-electron chi connectivity index (χ0n) is 18.4. The minimum absolute atomic E-state index is 0.104. The van der Waals surface area contributed by atoms with E-state index in [2.05, 4.69) is 10.0 Å². The molecule has 8 nitrogen and oxygen atoms in total. The van der Waals surface area contributed by atoms with Crippen LogP contribution >= 0.6 is 0 Å². The summed E-state index contributed by atoms with van der Waals surface area (Å²) in [7, 11) is -0.818. The van der Waals surface area contributed by atoms with Crippen molar-refractivity contribution in [2.45, 2.75) is 49.5 Å². The Bertz CT molecular complexity index is 1070. The van der Waals surface area contributed by atoms with Crippen LogP contribution in [0.2, 0.25) is 0 Å². The van der Waals surface area contributed by atoms with Gasteiger partial charge in [-0.3, -0.25) is 9.62 Å². The monoisotopic (exact) mass is 459 g/mol. The number of nitrogens with one attached hydrogen (secondary N) is 2. The Morgan fingerprint density at radius 2 is 1.69 bits per heavy atom. The molecule has 172 valence electrons. The van der Waals surface area contributed by atoms with Crippen molar-refractivity contribution in [3.8, 4) is 11.5 Å². The maximum absolute atomic E-state index is 13.0. The lowest BCUT2D eigenvalue weighted by atomic mass is 9.96. The first-order valence-electron chi connectivity index (χ1n) is 10.9. The SMILES string of the molecule is COc1cc(NS(=O)(=O)c2ccc3c(c2)CCN3C(=O)NC2CCCCC2)cc(OC)c1. The minimum Gasteiger partial charge on any atom is -0.497 e. The van der Waals surface area contributed by atoms with Gasteiger partial charge >= 0.3 is 6.03 Å². The summed E-state index contributed by atoms with van der Waals surface area (Å²) in [6, 6.07) is 9.85. The highest BCUT2D eigenvalue weighted by Crippen LogP contribution is 2.32. The molecule has 2 aromatic carbocycles. The molecule has 1 aliphatic carbocycles. The molecule has 1 aliphatic heterocycles. The quantitative estimate of drug-likeness (QED) is 0.683. The van der Waals surface area contributed by atoms with Crippen molar-refractivity contribution in [3.05, 3.63) is 42.0 Å². The molecule has 1 saturated carbocycles. The van der Waals surface area contributed by atoms with Crippen molar-refractivity contribution < 1.29 is 22.7 Å². The lowest BCUT2D eigenvalue weighted by molar-refractivity contribution is 0.238. The molecular formula is C23H29N3O5S. The summed E-state index contributed by atoms with van der Waals surface area (Å²) in [5.41, 5.74) is 1.95. The standard InChI is InChI=1S/C23H29N3O5S/c1-30-19-13-18(14-20(15-19)31-2)25-32(28,29)21-8-9-22-16(12-21)10-11-26(22)23(27)24-17-6-4-3-5-7-17/h8-9,12-15,17,25H,3-7,10-11H2,1-2H3,(H,24,27). The highest BCUT2D eigenvalue weighted by Gasteiger charge is 2.28. The number of nitrogens with zero attached hydrogens (tertiary/aromatic N) is 1. The first-order valence-corrected chi connectivity index (χ1v) is 12.3. The number of anilines is 2. The molecule has 2 amide bonds. The number of carbonyl (C=O) groups excluding carboxylic acids is 1. The van der Waals surface area contributed by atoms with E-state index in [1.165, 1.54) is 26.7 Å². The molecule has 32 heavy (non-hydrogen) atoms. The highest BCUT2D eigenvalue weighted by molar-refractivity contribution is 7.92. The number of hydrogen-bond acceptors (Lipinski definition) is 5. The van der Waals surface area contributed by atoms with E-state index in [0.29, 0.717) is 30.2 Å². The van der Waals surface area contributed by atoms with Gasteiger partial charge in [0.2, 0.25) is 0 Å². The number of urea groups is 1. The second-order valence-corrected chi connectivity index (χ2v) is 9.87. The first-order chi connectivity index (χ1) is 15.4. The molecule has 0 bridgehead atoms. The Hall–Kier alpha value is -2.94. The average Bonchev–Trinajstić information content (AvgIpc) is 3.22. The second-order valence-electron chi connectivity index (χ2n) is 8.18. The molecule has 9 heteroatoms. The van der Waals surface area contributed by atoms with Crippen LogP contribution in [-0.2, 0) is 16.4 Å².